The van der Waals surface area contributed by atoms with Crippen LogP contribution in [0.5, 0.6) is 0 Å². The van der Waals surface area contributed by atoms with E-state index in [-0.39, 0.29) is 24.9 Å². The zero-order chi connectivity index (χ0) is 17.4. The highest BCUT2D eigenvalue weighted by atomic mass is 19.1. The van der Waals surface area contributed by atoms with E-state index in [0.29, 0.717) is 0 Å². The van der Waals surface area contributed by atoms with Crippen LogP contribution in [0.1, 0.15) is 29.3 Å². The van der Waals surface area contributed by atoms with Gasteiger partial charge in [-0.25, -0.2) is 13.9 Å². The molecule has 1 aromatic carbocycles. The van der Waals surface area contributed by atoms with Crippen LogP contribution in [0.25, 0.3) is 5.69 Å². The molecule has 0 spiro atoms. The van der Waals surface area contributed by atoms with Gasteiger partial charge in [-0.2, -0.15) is 9.78 Å². The lowest BCUT2D eigenvalue weighted by atomic mass is 10.2. The number of methoxy groups -OCH3 is 1. The fraction of sp³-hybridized carbons (Fsp3) is 0.353. The molecule has 0 bridgehead atoms. The highest BCUT2D eigenvalue weighted by Gasteiger charge is 2.24. The van der Waals surface area contributed by atoms with E-state index in [1.54, 1.807) is 12.1 Å². The fourth-order valence-electron chi connectivity index (χ4n) is 3.21. The summed E-state index contributed by atoms with van der Waals surface area (Å²) in [4.78, 5) is 11.9. The van der Waals surface area contributed by atoms with Gasteiger partial charge in [0.2, 0.25) is 5.89 Å². The third-order valence-electron chi connectivity index (χ3n) is 4.30. The lowest BCUT2D eigenvalue weighted by Gasteiger charge is -2.05. The smallest absolute Gasteiger partial charge is 0.390 e. The molecule has 0 radical (unpaired) electrons. The first-order chi connectivity index (χ1) is 12.2. The molecular weight excluding hydrogens is 327 g/mol. The quantitative estimate of drug-likeness (QED) is 0.706. The van der Waals surface area contributed by atoms with Gasteiger partial charge in [0.25, 0.3) is 0 Å². The average molecular weight is 344 g/mol. The second-order valence-electron chi connectivity index (χ2n) is 5.97. The van der Waals surface area contributed by atoms with Crippen molar-refractivity contribution in [1.29, 1.82) is 0 Å². The number of rotatable bonds is 5. The van der Waals surface area contributed by atoms with Crippen molar-refractivity contribution in [1.82, 2.24) is 19.6 Å². The van der Waals surface area contributed by atoms with E-state index in [4.69, 9.17) is 9.15 Å². The van der Waals surface area contributed by atoms with E-state index >= 15 is 0 Å². The molecule has 0 N–H and O–H groups in total. The third-order valence-corrected chi connectivity index (χ3v) is 4.30. The van der Waals surface area contributed by atoms with Crippen LogP contribution in [-0.2, 0) is 30.7 Å². The molecule has 4 rings (SSSR count). The maximum Gasteiger partial charge on any atom is 0.437 e. The largest absolute Gasteiger partial charge is 0.437 e. The molecule has 8 heteroatoms. The highest BCUT2D eigenvalue weighted by Crippen LogP contribution is 2.28. The molecule has 2 aromatic heterocycles. The van der Waals surface area contributed by atoms with Crippen molar-refractivity contribution in [3.8, 4) is 5.69 Å². The van der Waals surface area contributed by atoms with Crippen molar-refractivity contribution in [2.75, 3.05) is 7.11 Å². The number of hydrogen-bond donors (Lipinski definition) is 0. The molecule has 1 aliphatic rings. The van der Waals surface area contributed by atoms with Crippen LogP contribution < -0.4 is 5.76 Å². The van der Waals surface area contributed by atoms with Gasteiger partial charge >= 0.3 is 5.76 Å². The van der Waals surface area contributed by atoms with E-state index in [9.17, 15) is 9.18 Å². The Morgan fingerprint density at radius 2 is 2.04 bits per heavy atom. The maximum absolute atomic E-state index is 13.2. The Morgan fingerprint density at radius 1 is 1.24 bits per heavy atom. The summed E-state index contributed by atoms with van der Waals surface area (Å²) in [5.41, 5.74) is 3.83. The second-order valence-corrected chi connectivity index (χ2v) is 5.97. The predicted molar refractivity (Wildman–Crippen MR) is 86.1 cm³/mol. The normalized spacial score (nSPS) is 13.4. The molecule has 0 fully saturated rings. The molecule has 0 aliphatic heterocycles. The van der Waals surface area contributed by atoms with Crippen LogP contribution >= 0.6 is 0 Å². The van der Waals surface area contributed by atoms with Crippen molar-refractivity contribution in [2.24, 2.45) is 0 Å². The molecule has 0 unspecified atom stereocenters. The van der Waals surface area contributed by atoms with Crippen molar-refractivity contribution in [2.45, 2.75) is 32.4 Å². The van der Waals surface area contributed by atoms with Gasteiger partial charge in [-0.3, -0.25) is 0 Å². The summed E-state index contributed by atoms with van der Waals surface area (Å²) in [6.45, 7) is 0.382. The molecule has 1 aliphatic carbocycles. The van der Waals surface area contributed by atoms with Gasteiger partial charge in [-0.15, -0.1) is 5.10 Å². The predicted octanol–water partition coefficient (Wildman–Crippen LogP) is 1.84. The third kappa shape index (κ3) is 2.89. The Bertz CT molecular complexity index is 955. The van der Waals surface area contributed by atoms with Crippen LogP contribution in [0.4, 0.5) is 4.39 Å². The lowest BCUT2D eigenvalue weighted by molar-refractivity contribution is 0.158. The number of aromatic nitrogens is 4. The average Bonchev–Trinajstić information content (AvgIpc) is 3.27. The zero-order valence-electron chi connectivity index (χ0n) is 13.7. The van der Waals surface area contributed by atoms with Crippen molar-refractivity contribution in [3.05, 3.63) is 63.5 Å². The molecule has 2 heterocycles. The Hall–Kier alpha value is -2.74. The number of hydrogen-bond acceptors (Lipinski definition) is 5. The van der Waals surface area contributed by atoms with Crippen LogP contribution in [0.15, 0.2) is 33.5 Å². The first-order valence-corrected chi connectivity index (χ1v) is 8.07. The first-order valence-electron chi connectivity index (χ1n) is 8.07. The number of halogens is 1. The van der Waals surface area contributed by atoms with Crippen LogP contribution in [0, 0.1) is 5.82 Å². The van der Waals surface area contributed by atoms with E-state index in [1.165, 1.54) is 23.9 Å². The second kappa shape index (κ2) is 6.29. The number of benzene rings is 1. The van der Waals surface area contributed by atoms with Gasteiger partial charge in [-0.1, -0.05) is 0 Å². The minimum atomic E-state index is -0.532. The minimum absolute atomic E-state index is 0.143. The maximum atomic E-state index is 13.2. The summed E-state index contributed by atoms with van der Waals surface area (Å²) < 4.78 is 26.2. The standard InChI is InChI=1S/C17H17FN4O3/c1-24-10-16-20-21(17(23)25-16)9-14-13-3-2-4-15(13)22(19-14)12-7-5-11(18)6-8-12/h5-8H,2-4,9-10H2,1H3. The van der Waals surface area contributed by atoms with Crippen LogP contribution in [0.3, 0.4) is 0 Å². The van der Waals surface area contributed by atoms with Gasteiger partial charge in [-0.05, 0) is 49.1 Å². The Labute approximate surface area is 142 Å². The lowest BCUT2D eigenvalue weighted by Crippen LogP contribution is -2.17. The van der Waals surface area contributed by atoms with Gasteiger partial charge in [0.15, 0.2) is 0 Å². The molecule has 0 atom stereocenters. The molecule has 3 aromatic rings. The molecule has 0 saturated carbocycles. The number of ether oxygens (including phenoxy) is 1. The Balaban J connectivity index is 1.70. The number of nitrogens with zero attached hydrogens (tertiary/aromatic N) is 4. The topological polar surface area (TPSA) is 75.1 Å². The molecule has 130 valence electrons. The molecular formula is C17H17FN4O3. The monoisotopic (exact) mass is 344 g/mol. The van der Waals surface area contributed by atoms with Gasteiger partial charge in [0.1, 0.15) is 12.4 Å². The summed E-state index contributed by atoms with van der Waals surface area (Å²) in [6, 6.07) is 6.22. The molecule has 25 heavy (non-hydrogen) atoms. The number of fused-ring (bicyclic) bond motifs is 1. The Kier molecular flexibility index (Phi) is 3.96. The first kappa shape index (κ1) is 15.8. The molecule has 0 saturated heterocycles. The van der Waals surface area contributed by atoms with Crippen LogP contribution in [0.2, 0.25) is 0 Å². The summed E-state index contributed by atoms with van der Waals surface area (Å²) in [5.74, 6) is -0.579. The zero-order valence-corrected chi connectivity index (χ0v) is 13.7. The molecule has 0 amide bonds. The summed E-state index contributed by atoms with van der Waals surface area (Å²) in [6.07, 6.45) is 2.84. The Morgan fingerprint density at radius 3 is 2.80 bits per heavy atom. The van der Waals surface area contributed by atoms with Gasteiger partial charge in [0, 0.05) is 12.8 Å². The summed E-state index contributed by atoms with van der Waals surface area (Å²) in [7, 11) is 1.51. The van der Waals surface area contributed by atoms with Gasteiger partial charge < -0.3 is 9.15 Å². The summed E-state index contributed by atoms with van der Waals surface area (Å²) >= 11 is 0. The van der Waals surface area contributed by atoms with E-state index in [1.807, 2.05) is 4.68 Å². The fourth-order valence-corrected chi connectivity index (χ4v) is 3.21. The van der Waals surface area contributed by atoms with Crippen molar-refractivity contribution < 1.29 is 13.5 Å². The minimum Gasteiger partial charge on any atom is -0.390 e. The van der Waals surface area contributed by atoms with Gasteiger partial charge in [0.05, 0.1) is 17.9 Å². The SMILES string of the molecule is COCc1nn(Cc2nn(-c3ccc(F)cc3)c3c2CCC3)c(=O)o1. The summed E-state index contributed by atoms with van der Waals surface area (Å²) in [5, 5.41) is 8.77. The molecule has 7 nitrogen and oxygen atoms in total. The van der Waals surface area contributed by atoms with E-state index in [0.717, 1.165) is 41.9 Å². The van der Waals surface area contributed by atoms with Crippen molar-refractivity contribution >= 4 is 0 Å². The highest BCUT2D eigenvalue weighted by molar-refractivity contribution is 5.40. The van der Waals surface area contributed by atoms with E-state index in [2.05, 4.69) is 10.2 Å². The van der Waals surface area contributed by atoms with Crippen molar-refractivity contribution in [3.63, 3.8) is 0 Å². The van der Waals surface area contributed by atoms with E-state index < -0.39 is 5.76 Å². The van der Waals surface area contributed by atoms with Crippen LogP contribution in [-0.4, -0.2) is 26.7 Å².